The van der Waals surface area contributed by atoms with Crippen LogP contribution in [0, 0.1) is 5.92 Å². The fourth-order valence-electron chi connectivity index (χ4n) is 3.63. The zero-order valence-electron chi connectivity index (χ0n) is 13.3. The highest BCUT2D eigenvalue weighted by molar-refractivity contribution is 6.04. The molecule has 1 saturated heterocycles. The van der Waals surface area contributed by atoms with Gasteiger partial charge in [0, 0.05) is 16.6 Å². The number of H-pyrrole nitrogens is 1. The molecule has 2 heterocycles. The van der Waals surface area contributed by atoms with E-state index >= 15 is 0 Å². The Balaban J connectivity index is 2.03. The molecule has 0 radical (unpaired) electrons. The van der Waals surface area contributed by atoms with Crippen molar-refractivity contribution in [3.8, 4) is 0 Å². The molecule has 4 nitrogen and oxygen atoms in total. The summed E-state index contributed by atoms with van der Waals surface area (Å²) in [5, 5.41) is 10.5. The molecule has 4 heteroatoms. The maximum absolute atomic E-state index is 11.8. The molecule has 1 fully saturated rings. The van der Waals surface area contributed by atoms with Crippen molar-refractivity contribution < 1.29 is 9.90 Å². The van der Waals surface area contributed by atoms with Crippen molar-refractivity contribution in [1.82, 2.24) is 9.88 Å². The number of aromatic carboxylic acids is 1. The van der Waals surface area contributed by atoms with Crippen molar-refractivity contribution in [3.05, 3.63) is 35.5 Å². The van der Waals surface area contributed by atoms with Crippen LogP contribution in [-0.4, -0.2) is 34.0 Å². The van der Waals surface area contributed by atoms with Gasteiger partial charge in [-0.25, -0.2) is 4.79 Å². The molecule has 0 amide bonds. The van der Waals surface area contributed by atoms with Crippen molar-refractivity contribution in [1.29, 1.82) is 0 Å². The van der Waals surface area contributed by atoms with Crippen molar-refractivity contribution in [2.75, 3.05) is 13.1 Å². The first-order chi connectivity index (χ1) is 10.6. The first-order valence-corrected chi connectivity index (χ1v) is 8.19. The Hall–Kier alpha value is -1.81. The lowest BCUT2D eigenvalue weighted by atomic mass is 9.95. The number of fused-ring (bicyclic) bond motifs is 1. The van der Waals surface area contributed by atoms with Gasteiger partial charge in [-0.15, -0.1) is 0 Å². The van der Waals surface area contributed by atoms with E-state index < -0.39 is 5.97 Å². The second-order valence-electron chi connectivity index (χ2n) is 6.41. The van der Waals surface area contributed by atoms with Gasteiger partial charge < -0.3 is 10.1 Å². The number of carbonyl (C=O) groups is 1. The molecule has 118 valence electrons. The number of para-hydroxylation sites is 1. The Kier molecular flexibility index (Phi) is 4.21. The first-order valence-electron chi connectivity index (χ1n) is 8.19. The molecule has 3 rings (SSSR count). The summed E-state index contributed by atoms with van der Waals surface area (Å²) in [5.74, 6) is -0.0632. The Morgan fingerprint density at radius 3 is 2.68 bits per heavy atom. The number of hydrogen-bond acceptors (Lipinski definition) is 2. The third-order valence-corrected chi connectivity index (χ3v) is 4.93. The summed E-state index contributed by atoms with van der Waals surface area (Å²) >= 11 is 0. The highest BCUT2D eigenvalue weighted by Crippen LogP contribution is 2.34. The number of benzene rings is 1. The highest BCUT2D eigenvalue weighted by atomic mass is 16.4. The fraction of sp³-hybridized carbons (Fsp3) is 0.500. The molecule has 22 heavy (non-hydrogen) atoms. The number of carboxylic acids is 1. The Morgan fingerprint density at radius 2 is 2.05 bits per heavy atom. The van der Waals surface area contributed by atoms with Crippen LogP contribution < -0.4 is 0 Å². The fourth-order valence-corrected chi connectivity index (χ4v) is 3.63. The molecule has 1 atom stereocenters. The minimum atomic E-state index is -0.837. The Labute approximate surface area is 131 Å². The average Bonchev–Trinajstić information content (AvgIpc) is 2.89. The van der Waals surface area contributed by atoms with E-state index in [0.717, 1.165) is 42.0 Å². The maximum Gasteiger partial charge on any atom is 0.338 e. The monoisotopic (exact) mass is 300 g/mol. The second kappa shape index (κ2) is 6.13. The summed E-state index contributed by atoms with van der Waals surface area (Å²) in [6, 6.07) is 7.85. The molecule has 0 bridgehead atoms. The summed E-state index contributed by atoms with van der Waals surface area (Å²) in [5.41, 5.74) is 2.23. The van der Waals surface area contributed by atoms with Gasteiger partial charge >= 0.3 is 5.97 Å². The summed E-state index contributed by atoms with van der Waals surface area (Å²) < 4.78 is 0. The van der Waals surface area contributed by atoms with Crippen LogP contribution in [-0.2, 0) is 0 Å². The van der Waals surface area contributed by atoms with Crippen LogP contribution in [0.25, 0.3) is 10.9 Å². The van der Waals surface area contributed by atoms with Gasteiger partial charge in [-0.2, -0.15) is 0 Å². The molecule has 1 aliphatic rings. The number of carboxylic acid groups (broad SMARTS) is 1. The van der Waals surface area contributed by atoms with Crippen molar-refractivity contribution in [2.45, 2.75) is 39.2 Å². The summed E-state index contributed by atoms with van der Waals surface area (Å²) in [7, 11) is 0. The molecule has 0 spiro atoms. The lowest BCUT2D eigenvalue weighted by Crippen LogP contribution is -2.36. The van der Waals surface area contributed by atoms with Crippen LogP contribution in [0.3, 0.4) is 0 Å². The highest BCUT2D eigenvalue weighted by Gasteiger charge is 2.29. The maximum atomic E-state index is 11.8. The van der Waals surface area contributed by atoms with E-state index in [9.17, 15) is 9.90 Å². The number of piperidine rings is 1. The molecular weight excluding hydrogens is 276 g/mol. The van der Waals surface area contributed by atoms with E-state index in [1.807, 2.05) is 24.3 Å². The van der Waals surface area contributed by atoms with Gasteiger partial charge in [0.1, 0.15) is 0 Å². The van der Waals surface area contributed by atoms with Gasteiger partial charge in [-0.3, -0.25) is 4.90 Å². The molecule has 1 aromatic carbocycles. The largest absolute Gasteiger partial charge is 0.478 e. The summed E-state index contributed by atoms with van der Waals surface area (Å²) in [6.07, 6.45) is 3.31. The van der Waals surface area contributed by atoms with Gasteiger partial charge in [0.25, 0.3) is 0 Å². The van der Waals surface area contributed by atoms with E-state index in [4.69, 9.17) is 0 Å². The van der Waals surface area contributed by atoms with Crippen LogP contribution in [0.5, 0.6) is 0 Å². The quantitative estimate of drug-likeness (QED) is 0.895. The Morgan fingerprint density at radius 1 is 1.36 bits per heavy atom. The van der Waals surface area contributed by atoms with Crippen LogP contribution in [0.2, 0.25) is 0 Å². The van der Waals surface area contributed by atoms with Crippen LogP contribution >= 0.6 is 0 Å². The normalized spacial score (nSPS) is 18.6. The smallest absolute Gasteiger partial charge is 0.338 e. The molecule has 1 unspecified atom stereocenters. The van der Waals surface area contributed by atoms with E-state index in [1.54, 1.807) is 0 Å². The SMILES string of the molecule is CCC(c1[nH]c2ccccc2c1C(=O)O)N1CCC(C)CC1. The van der Waals surface area contributed by atoms with Crippen molar-refractivity contribution in [3.63, 3.8) is 0 Å². The Bertz CT molecular complexity index is 669. The van der Waals surface area contributed by atoms with Gasteiger partial charge in [0.05, 0.1) is 11.6 Å². The van der Waals surface area contributed by atoms with E-state index in [1.165, 1.54) is 12.8 Å². The van der Waals surface area contributed by atoms with E-state index in [2.05, 4.69) is 23.7 Å². The lowest BCUT2D eigenvalue weighted by Gasteiger charge is -2.36. The van der Waals surface area contributed by atoms with Gasteiger partial charge in [0.2, 0.25) is 0 Å². The third kappa shape index (κ3) is 2.63. The minimum Gasteiger partial charge on any atom is -0.478 e. The van der Waals surface area contributed by atoms with Crippen molar-refractivity contribution >= 4 is 16.9 Å². The predicted molar refractivity (Wildman–Crippen MR) is 88.3 cm³/mol. The molecule has 2 N–H and O–H groups in total. The zero-order valence-corrected chi connectivity index (χ0v) is 13.3. The van der Waals surface area contributed by atoms with E-state index in [-0.39, 0.29) is 6.04 Å². The number of nitrogens with zero attached hydrogens (tertiary/aromatic N) is 1. The summed E-state index contributed by atoms with van der Waals surface area (Å²) in [6.45, 7) is 6.53. The van der Waals surface area contributed by atoms with E-state index in [0.29, 0.717) is 5.56 Å². The molecule has 0 saturated carbocycles. The molecule has 1 aliphatic heterocycles. The molecular formula is C18H24N2O2. The summed E-state index contributed by atoms with van der Waals surface area (Å²) in [4.78, 5) is 17.6. The lowest BCUT2D eigenvalue weighted by molar-refractivity contribution is 0.0691. The molecule has 0 aliphatic carbocycles. The minimum absolute atomic E-state index is 0.158. The predicted octanol–water partition coefficient (Wildman–Crippen LogP) is 4.05. The topological polar surface area (TPSA) is 56.3 Å². The van der Waals surface area contributed by atoms with Crippen LogP contribution in [0.15, 0.2) is 24.3 Å². The number of rotatable bonds is 4. The van der Waals surface area contributed by atoms with Gasteiger partial charge in [0.15, 0.2) is 0 Å². The zero-order chi connectivity index (χ0) is 15.7. The number of nitrogens with one attached hydrogen (secondary N) is 1. The molecule has 1 aromatic heterocycles. The van der Waals surface area contributed by atoms with Crippen LogP contribution in [0.1, 0.15) is 55.2 Å². The van der Waals surface area contributed by atoms with Gasteiger partial charge in [-0.05, 0) is 44.3 Å². The number of likely N-dealkylation sites (tertiary alicyclic amines) is 1. The number of aromatic nitrogens is 1. The number of aromatic amines is 1. The average molecular weight is 300 g/mol. The third-order valence-electron chi connectivity index (χ3n) is 4.93. The molecule has 2 aromatic rings. The van der Waals surface area contributed by atoms with Gasteiger partial charge in [-0.1, -0.05) is 32.0 Å². The van der Waals surface area contributed by atoms with Crippen LogP contribution in [0.4, 0.5) is 0 Å². The second-order valence-corrected chi connectivity index (χ2v) is 6.41. The first kappa shape index (κ1) is 15.1. The van der Waals surface area contributed by atoms with Crippen molar-refractivity contribution in [2.24, 2.45) is 5.92 Å². The number of hydrogen-bond donors (Lipinski definition) is 2. The standard InChI is InChI=1S/C18H24N2O2/c1-3-15(20-10-8-12(2)9-11-20)17-16(18(21)22)13-6-4-5-7-14(13)19-17/h4-7,12,15,19H,3,8-11H2,1-2H3,(H,21,22).